The number of carbonyl (C=O) groups is 2. The molecule has 39 heavy (non-hydrogen) atoms. The zero-order chi connectivity index (χ0) is 27.7. The zero-order valence-corrected chi connectivity index (χ0v) is 22.2. The zero-order valence-electron chi connectivity index (χ0n) is 21.4. The third-order valence-electron chi connectivity index (χ3n) is 6.36. The molecular weight excluding hydrogens is 529 g/mol. The van der Waals surface area contributed by atoms with Gasteiger partial charge in [0, 0.05) is 43.3 Å². The van der Waals surface area contributed by atoms with Crippen LogP contribution in [0.25, 0.3) is 0 Å². The molecule has 0 spiro atoms. The van der Waals surface area contributed by atoms with E-state index in [2.05, 4.69) is 10.2 Å². The molecular formula is C28H31F3N4O3S. The van der Waals surface area contributed by atoms with E-state index in [0.29, 0.717) is 32.8 Å². The Balaban J connectivity index is 1.48. The van der Waals surface area contributed by atoms with E-state index < -0.39 is 17.8 Å². The molecule has 2 heterocycles. The number of nitrogens with zero attached hydrogens (tertiary/aromatic N) is 3. The number of urea groups is 1. The highest BCUT2D eigenvalue weighted by atomic mass is 32.1. The standard InChI is InChI=1S/C28H31F3N4O3S/c29-28(30,31)23-8-10-24(11-9-23)32-27(37)34(13-12-33-14-16-38-17-15-33)21-26(36)35(20-25-7-4-18-39-25)19-22-5-2-1-3-6-22/h1-11,18H,12-17,19-21H2,(H,32,37). The van der Waals surface area contributed by atoms with Crippen LogP contribution in [0, 0.1) is 0 Å². The van der Waals surface area contributed by atoms with E-state index in [-0.39, 0.29) is 24.7 Å². The van der Waals surface area contributed by atoms with Crippen molar-refractivity contribution >= 4 is 29.0 Å². The van der Waals surface area contributed by atoms with Crippen LogP contribution in [0.1, 0.15) is 16.0 Å². The summed E-state index contributed by atoms with van der Waals surface area (Å²) < 4.78 is 44.2. The summed E-state index contributed by atoms with van der Waals surface area (Å²) in [7, 11) is 0. The molecule has 3 amide bonds. The molecule has 2 aromatic carbocycles. The molecule has 7 nitrogen and oxygen atoms in total. The van der Waals surface area contributed by atoms with E-state index in [1.54, 1.807) is 16.2 Å². The van der Waals surface area contributed by atoms with Crippen molar-refractivity contribution in [3.05, 3.63) is 88.1 Å². The molecule has 0 bridgehead atoms. The molecule has 0 saturated carbocycles. The highest BCUT2D eigenvalue weighted by Crippen LogP contribution is 2.29. The molecule has 3 aromatic rings. The quantitative estimate of drug-likeness (QED) is 0.372. The molecule has 4 rings (SSSR count). The molecule has 11 heteroatoms. The van der Waals surface area contributed by atoms with Gasteiger partial charge in [-0.1, -0.05) is 36.4 Å². The predicted octanol–water partition coefficient (Wildman–Crippen LogP) is 5.16. The Hall–Kier alpha value is -3.41. The van der Waals surface area contributed by atoms with Gasteiger partial charge in [-0.2, -0.15) is 13.2 Å². The van der Waals surface area contributed by atoms with Crippen LogP contribution in [0.2, 0.25) is 0 Å². The smallest absolute Gasteiger partial charge is 0.379 e. The molecule has 0 radical (unpaired) electrons. The molecule has 1 aliphatic rings. The molecule has 1 fully saturated rings. The van der Waals surface area contributed by atoms with Crippen LogP contribution >= 0.6 is 11.3 Å². The highest BCUT2D eigenvalue weighted by Gasteiger charge is 2.30. The van der Waals surface area contributed by atoms with Crippen molar-refractivity contribution in [2.24, 2.45) is 0 Å². The van der Waals surface area contributed by atoms with Gasteiger partial charge in [-0.05, 0) is 41.3 Å². The lowest BCUT2D eigenvalue weighted by atomic mass is 10.2. The van der Waals surface area contributed by atoms with Crippen LogP contribution in [0.5, 0.6) is 0 Å². The Morgan fingerprint density at radius 2 is 1.64 bits per heavy atom. The number of morpholine rings is 1. The number of benzene rings is 2. The number of hydrogen-bond acceptors (Lipinski definition) is 5. The van der Waals surface area contributed by atoms with Gasteiger partial charge in [0.15, 0.2) is 0 Å². The maximum Gasteiger partial charge on any atom is 0.416 e. The third kappa shape index (κ3) is 8.81. The molecule has 0 aliphatic carbocycles. The lowest BCUT2D eigenvalue weighted by Crippen LogP contribution is -2.48. The summed E-state index contributed by atoms with van der Waals surface area (Å²) >= 11 is 1.55. The SMILES string of the molecule is O=C(CN(CCN1CCOCC1)C(=O)Nc1ccc(C(F)(F)F)cc1)N(Cc1ccccc1)Cc1cccs1. The van der Waals surface area contributed by atoms with Crippen molar-refractivity contribution in [1.82, 2.24) is 14.7 Å². The van der Waals surface area contributed by atoms with Gasteiger partial charge in [-0.15, -0.1) is 11.3 Å². The minimum Gasteiger partial charge on any atom is -0.379 e. The van der Waals surface area contributed by atoms with Gasteiger partial charge < -0.3 is 19.9 Å². The van der Waals surface area contributed by atoms with Gasteiger partial charge in [0.05, 0.1) is 25.3 Å². The average Bonchev–Trinajstić information content (AvgIpc) is 3.45. The van der Waals surface area contributed by atoms with Gasteiger partial charge in [-0.25, -0.2) is 4.79 Å². The highest BCUT2D eigenvalue weighted by molar-refractivity contribution is 7.09. The number of ether oxygens (including phenoxy) is 1. The summed E-state index contributed by atoms with van der Waals surface area (Å²) in [6, 6.07) is 17.2. The number of hydrogen-bond donors (Lipinski definition) is 1. The molecule has 0 unspecified atom stereocenters. The van der Waals surface area contributed by atoms with Crippen LogP contribution in [0.4, 0.5) is 23.7 Å². The second-order valence-electron chi connectivity index (χ2n) is 9.20. The van der Waals surface area contributed by atoms with Gasteiger partial charge in [0.25, 0.3) is 0 Å². The van der Waals surface area contributed by atoms with Crippen molar-refractivity contribution < 1.29 is 27.5 Å². The monoisotopic (exact) mass is 560 g/mol. The minimum atomic E-state index is -4.47. The Labute approximate surface area is 229 Å². The fourth-order valence-corrected chi connectivity index (χ4v) is 4.89. The van der Waals surface area contributed by atoms with Crippen LogP contribution in [-0.4, -0.2) is 72.6 Å². The summed E-state index contributed by atoms with van der Waals surface area (Å²) in [5.41, 5.74) is 0.387. The average molecular weight is 561 g/mol. The molecule has 208 valence electrons. The minimum absolute atomic E-state index is 0.172. The topological polar surface area (TPSA) is 65.1 Å². The normalized spacial score (nSPS) is 14.1. The van der Waals surface area contributed by atoms with E-state index in [9.17, 15) is 22.8 Å². The third-order valence-corrected chi connectivity index (χ3v) is 7.22. The van der Waals surface area contributed by atoms with Crippen LogP contribution < -0.4 is 5.32 Å². The summed E-state index contributed by atoms with van der Waals surface area (Å²) in [5, 5.41) is 4.61. The fourth-order valence-electron chi connectivity index (χ4n) is 4.17. The Bertz CT molecular complexity index is 1190. The van der Waals surface area contributed by atoms with Crippen LogP contribution in [-0.2, 0) is 28.8 Å². The first-order valence-electron chi connectivity index (χ1n) is 12.7. The second-order valence-corrected chi connectivity index (χ2v) is 10.2. The number of alkyl halides is 3. The van der Waals surface area contributed by atoms with Crippen molar-refractivity contribution in [2.75, 3.05) is 51.3 Å². The van der Waals surface area contributed by atoms with Gasteiger partial charge in [-0.3, -0.25) is 9.69 Å². The number of nitrogens with one attached hydrogen (secondary N) is 1. The van der Waals surface area contributed by atoms with Gasteiger partial charge >= 0.3 is 12.2 Å². The van der Waals surface area contributed by atoms with E-state index in [1.165, 1.54) is 17.0 Å². The number of carbonyl (C=O) groups excluding carboxylic acids is 2. The number of rotatable bonds is 10. The van der Waals surface area contributed by atoms with Crippen molar-refractivity contribution in [2.45, 2.75) is 19.3 Å². The van der Waals surface area contributed by atoms with Crippen LogP contribution in [0.3, 0.4) is 0 Å². The largest absolute Gasteiger partial charge is 0.416 e. The van der Waals surface area contributed by atoms with E-state index in [0.717, 1.165) is 35.7 Å². The molecule has 1 N–H and O–H groups in total. The first-order valence-corrected chi connectivity index (χ1v) is 13.5. The summed E-state index contributed by atoms with van der Waals surface area (Å²) in [5.74, 6) is -0.225. The van der Waals surface area contributed by atoms with Gasteiger partial charge in [0.1, 0.15) is 6.54 Å². The van der Waals surface area contributed by atoms with Crippen molar-refractivity contribution in [1.29, 1.82) is 0 Å². The molecule has 1 aromatic heterocycles. The van der Waals surface area contributed by atoms with Crippen molar-refractivity contribution in [3.8, 4) is 0 Å². The summed E-state index contributed by atoms with van der Waals surface area (Å²) in [6.07, 6.45) is -4.47. The van der Waals surface area contributed by atoms with E-state index in [1.807, 2.05) is 47.8 Å². The molecule has 1 aliphatic heterocycles. The van der Waals surface area contributed by atoms with Crippen molar-refractivity contribution in [3.63, 3.8) is 0 Å². The van der Waals surface area contributed by atoms with E-state index >= 15 is 0 Å². The maximum absolute atomic E-state index is 13.6. The lowest BCUT2D eigenvalue weighted by Gasteiger charge is -2.31. The summed E-state index contributed by atoms with van der Waals surface area (Å²) in [6.45, 7) is 4.08. The summed E-state index contributed by atoms with van der Waals surface area (Å²) in [4.78, 5) is 33.2. The molecule has 1 saturated heterocycles. The second kappa shape index (κ2) is 13.6. The molecule has 0 atom stereocenters. The number of thiophene rings is 1. The first-order chi connectivity index (χ1) is 18.8. The van der Waals surface area contributed by atoms with E-state index in [4.69, 9.17) is 4.74 Å². The van der Waals surface area contributed by atoms with Crippen LogP contribution in [0.15, 0.2) is 72.1 Å². The lowest BCUT2D eigenvalue weighted by molar-refractivity contribution is -0.137. The van der Waals surface area contributed by atoms with Gasteiger partial charge in [0.2, 0.25) is 5.91 Å². The fraction of sp³-hybridized carbons (Fsp3) is 0.357. The Morgan fingerprint density at radius 1 is 0.923 bits per heavy atom. The maximum atomic E-state index is 13.6. The Morgan fingerprint density at radius 3 is 2.28 bits per heavy atom. The Kier molecular flexibility index (Phi) is 9.96. The first kappa shape index (κ1) is 28.6. The number of amides is 3. The number of halogens is 3. The predicted molar refractivity (Wildman–Crippen MR) is 144 cm³/mol. The number of anilines is 1.